The van der Waals surface area contributed by atoms with Crippen LogP contribution in [0, 0.1) is 5.92 Å². The van der Waals surface area contributed by atoms with Gasteiger partial charge in [0.25, 0.3) is 5.91 Å². The van der Waals surface area contributed by atoms with E-state index in [1.807, 2.05) is 20.8 Å². The molecule has 0 aromatic heterocycles. The third kappa shape index (κ3) is 12.5. The number of carbonyl (C=O) groups is 5. The van der Waals surface area contributed by atoms with Gasteiger partial charge in [0.15, 0.2) is 0 Å². The third-order valence-corrected chi connectivity index (χ3v) is 6.92. The molecule has 1 heterocycles. The smallest absolute Gasteiger partial charge is 0.315 e. The quantitative estimate of drug-likeness (QED) is 0.207. The Morgan fingerprint density at radius 2 is 1.56 bits per heavy atom. The summed E-state index contributed by atoms with van der Waals surface area (Å²) in [6.07, 6.45) is 10.8. The number of nitrogens with zero attached hydrogens (tertiary/aromatic N) is 1. The Kier molecular flexibility index (Phi) is 16.0. The Bertz CT molecular complexity index is 907. The van der Waals surface area contributed by atoms with Crippen LogP contribution in [-0.2, 0) is 19.2 Å². The van der Waals surface area contributed by atoms with Gasteiger partial charge in [-0.25, -0.2) is 4.79 Å². The van der Waals surface area contributed by atoms with E-state index in [9.17, 15) is 24.0 Å². The van der Waals surface area contributed by atoms with Gasteiger partial charge in [-0.15, -0.1) is 13.2 Å². The molecule has 0 spiro atoms. The van der Waals surface area contributed by atoms with Crippen LogP contribution in [0.15, 0.2) is 25.3 Å². The fourth-order valence-electron chi connectivity index (χ4n) is 5.08. The largest absolute Gasteiger partial charge is 0.346 e. The van der Waals surface area contributed by atoms with E-state index in [0.717, 1.165) is 32.1 Å². The summed E-state index contributed by atoms with van der Waals surface area (Å²) >= 11 is 0. The van der Waals surface area contributed by atoms with Gasteiger partial charge in [-0.3, -0.25) is 19.2 Å². The highest BCUT2D eigenvalue weighted by Gasteiger charge is 2.42. The van der Waals surface area contributed by atoms with E-state index in [2.05, 4.69) is 48.3 Å². The van der Waals surface area contributed by atoms with Crippen molar-refractivity contribution in [2.45, 2.75) is 122 Å². The first-order valence-electron chi connectivity index (χ1n) is 15.1. The maximum atomic E-state index is 13.8. The van der Waals surface area contributed by atoms with Crippen molar-refractivity contribution in [3.05, 3.63) is 25.3 Å². The molecule has 41 heavy (non-hydrogen) atoms. The molecule has 1 unspecified atom stereocenters. The minimum atomic E-state index is -1.03. The van der Waals surface area contributed by atoms with Crippen LogP contribution >= 0.6 is 0 Å². The summed E-state index contributed by atoms with van der Waals surface area (Å²) in [4.78, 5) is 66.4. The molecule has 5 amide bonds. The lowest BCUT2D eigenvalue weighted by Gasteiger charge is -2.35. The number of hydrogen-bond acceptors (Lipinski definition) is 5. The predicted octanol–water partition coefficient (Wildman–Crippen LogP) is 3.76. The third-order valence-electron chi connectivity index (χ3n) is 6.92. The van der Waals surface area contributed by atoms with Gasteiger partial charge in [0.2, 0.25) is 17.6 Å². The maximum absolute atomic E-state index is 13.8. The van der Waals surface area contributed by atoms with Crippen LogP contribution in [0.5, 0.6) is 0 Å². The van der Waals surface area contributed by atoms with Crippen molar-refractivity contribution < 1.29 is 24.0 Å². The lowest BCUT2D eigenvalue weighted by Crippen LogP contribution is -2.60. The minimum absolute atomic E-state index is 0.0123. The maximum Gasteiger partial charge on any atom is 0.315 e. The standard InChI is InChI=1S/C28H45N5O5.C3H8/c1-6-8-15-20(23(34)25(36)29-17-7-2)30-24(35)21-16-12-18-33(21)26(37)22(19-13-10-9-11-14-19)31-27(38)32-28(3,4)5;1-3-2/h6-7,19-22H,1-2,8-18H2,3-5H3,(H,29,36)(H,30,35)(H2,31,32,38);3H2,1-2H3/t20?,21-,22-;/m0./s1. The SMILES string of the molecule is C=CCCC(NC(=O)[C@@H]1CCCN1C(=O)[C@@H](NC(=O)NC(C)(C)C)C1CCCCC1)C(=O)C(=O)NCC=C.CCC. The Morgan fingerprint density at radius 1 is 0.927 bits per heavy atom. The number of urea groups is 1. The van der Waals surface area contributed by atoms with E-state index in [0.29, 0.717) is 25.8 Å². The fraction of sp³-hybridized carbons (Fsp3) is 0.710. The number of hydrogen-bond donors (Lipinski definition) is 4. The molecule has 0 radical (unpaired) electrons. The highest BCUT2D eigenvalue weighted by atomic mass is 16.2. The zero-order valence-electron chi connectivity index (χ0n) is 25.9. The van der Waals surface area contributed by atoms with Crippen LogP contribution in [0.2, 0.25) is 0 Å². The van der Waals surface area contributed by atoms with E-state index in [4.69, 9.17) is 0 Å². The molecule has 0 bridgehead atoms. The molecule has 0 aromatic carbocycles. The van der Waals surface area contributed by atoms with E-state index >= 15 is 0 Å². The lowest BCUT2D eigenvalue weighted by molar-refractivity contribution is -0.143. The van der Waals surface area contributed by atoms with Crippen molar-refractivity contribution in [3.8, 4) is 0 Å². The number of ketones is 1. The molecule has 232 valence electrons. The van der Waals surface area contributed by atoms with Crippen molar-refractivity contribution in [1.82, 2.24) is 26.2 Å². The predicted molar refractivity (Wildman–Crippen MR) is 162 cm³/mol. The summed E-state index contributed by atoms with van der Waals surface area (Å²) in [6, 6.07) is -2.97. The van der Waals surface area contributed by atoms with Crippen molar-refractivity contribution in [3.63, 3.8) is 0 Å². The van der Waals surface area contributed by atoms with Gasteiger partial charge in [-0.05, 0) is 65.2 Å². The number of Topliss-reactive ketones (excluding diaryl/α,β-unsaturated/α-hetero) is 1. The normalized spacial score (nSPS) is 18.6. The van der Waals surface area contributed by atoms with Crippen LogP contribution in [0.25, 0.3) is 0 Å². The van der Waals surface area contributed by atoms with Crippen LogP contribution < -0.4 is 21.3 Å². The molecule has 2 aliphatic rings. The molecular weight excluding hydrogens is 522 g/mol. The molecule has 10 heteroatoms. The van der Waals surface area contributed by atoms with Gasteiger partial charge < -0.3 is 26.2 Å². The molecule has 1 aliphatic heterocycles. The molecule has 3 atom stereocenters. The summed E-state index contributed by atoms with van der Waals surface area (Å²) in [7, 11) is 0. The highest BCUT2D eigenvalue weighted by Crippen LogP contribution is 2.29. The summed E-state index contributed by atoms with van der Waals surface area (Å²) < 4.78 is 0. The first-order chi connectivity index (χ1) is 19.4. The lowest BCUT2D eigenvalue weighted by atomic mass is 9.83. The molecule has 1 aliphatic carbocycles. The second kappa shape index (κ2) is 18.3. The number of likely N-dealkylation sites (tertiary alicyclic amines) is 1. The van der Waals surface area contributed by atoms with Gasteiger partial charge in [0, 0.05) is 18.6 Å². The van der Waals surface area contributed by atoms with Gasteiger partial charge in [-0.1, -0.05) is 51.7 Å². The molecule has 0 aromatic rings. The summed E-state index contributed by atoms with van der Waals surface area (Å²) in [5.41, 5.74) is -0.467. The van der Waals surface area contributed by atoms with E-state index in [1.165, 1.54) is 17.4 Å². The van der Waals surface area contributed by atoms with Gasteiger partial charge >= 0.3 is 6.03 Å². The van der Waals surface area contributed by atoms with Crippen LogP contribution in [0.4, 0.5) is 4.79 Å². The van der Waals surface area contributed by atoms with Crippen LogP contribution in [0.1, 0.15) is 98.8 Å². The van der Waals surface area contributed by atoms with E-state index in [1.54, 1.807) is 6.08 Å². The second-order valence-corrected chi connectivity index (χ2v) is 11.9. The van der Waals surface area contributed by atoms with Crippen LogP contribution in [0.3, 0.4) is 0 Å². The fourth-order valence-corrected chi connectivity index (χ4v) is 5.08. The molecular formula is C31H53N5O5. The first-order valence-corrected chi connectivity index (χ1v) is 15.1. The summed E-state index contributed by atoms with van der Waals surface area (Å²) in [6.45, 7) is 17.5. The first kappa shape index (κ1) is 35.9. The number of nitrogens with one attached hydrogen (secondary N) is 4. The zero-order valence-corrected chi connectivity index (χ0v) is 25.9. The number of carbonyl (C=O) groups excluding carboxylic acids is 5. The Balaban J connectivity index is 0.00000268. The van der Waals surface area contributed by atoms with Crippen LogP contribution in [-0.4, -0.2) is 71.2 Å². The second-order valence-electron chi connectivity index (χ2n) is 11.9. The van der Waals surface area contributed by atoms with E-state index < -0.39 is 47.3 Å². The van der Waals surface area contributed by atoms with Crippen molar-refractivity contribution in [2.24, 2.45) is 5.92 Å². The number of amides is 5. The van der Waals surface area contributed by atoms with Crippen molar-refractivity contribution in [1.29, 1.82) is 0 Å². The Morgan fingerprint density at radius 3 is 2.12 bits per heavy atom. The molecule has 10 nitrogen and oxygen atoms in total. The Labute approximate surface area is 246 Å². The molecule has 1 saturated heterocycles. The summed E-state index contributed by atoms with van der Waals surface area (Å²) in [5.74, 6) is -2.32. The number of rotatable bonds is 12. The molecule has 2 fully saturated rings. The average molecular weight is 576 g/mol. The van der Waals surface area contributed by atoms with Gasteiger partial charge in [0.1, 0.15) is 12.1 Å². The monoisotopic (exact) mass is 575 g/mol. The molecule has 4 N–H and O–H groups in total. The summed E-state index contributed by atoms with van der Waals surface area (Å²) in [5, 5.41) is 10.9. The average Bonchev–Trinajstić information content (AvgIpc) is 3.42. The molecule has 2 rings (SSSR count). The highest BCUT2D eigenvalue weighted by molar-refractivity contribution is 6.38. The zero-order chi connectivity index (χ0) is 31.0. The Hall–Kier alpha value is -3.17. The number of allylic oxidation sites excluding steroid dienone is 1. The topological polar surface area (TPSA) is 137 Å². The van der Waals surface area contributed by atoms with Gasteiger partial charge in [-0.2, -0.15) is 0 Å². The minimum Gasteiger partial charge on any atom is -0.346 e. The van der Waals surface area contributed by atoms with E-state index in [-0.39, 0.29) is 24.8 Å². The molecule has 1 saturated carbocycles. The van der Waals surface area contributed by atoms with Gasteiger partial charge in [0.05, 0.1) is 6.04 Å². The van der Waals surface area contributed by atoms with Crippen molar-refractivity contribution in [2.75, 3.05) is 13.1 Å². The van der Waals surface area contributed by atoms with Crippen molar-refractivity contribution >= 4 is 29.5 Å².